The van der Waals surface area contributed by atoms with Gasteiger partial charge in [-0.25, -0.2) is 4.39 Å². The molecule has 1 aliphatic carbocycles. The van der Waals surface area contributed by atoms with Crippen LogP contribution in [0.1, 0.15) is 45.6 Å². The van der Waals surface area contributed by atoms with E-state index in [1.54, 1.807) is 12.1 Å². The SMILES string of the molecule is CC(C)(C)NCC1CCCC1Cc1c(F)cccc1Cl. The van der Waals surface area contributed by atoms with Crippen LogP contribution in [0.3, 0.4) is 0 Å². The highest BCUT2D eigenvalue weighted by Gasteiger charge is 2.29. The largest absolute Gasteiger partial charge is 0.312 e. The summed E-state index contributed by atoms with van der Waals surface area (Å²) >= 11 is 6.15. The van der Waals surface area contributed by atoms with Gasteiger partial charge in [0.15, 0.2) is 0 Å². The van der Waals surface area contributed by atoms with Gasteiger partial charge in [0.05, 0.1) is 0 Å². The molecule has 1 aromatic carbocycles. The summed E-state index contributed by atoms with van der Waals surface area (Å²) < 4.78 is 13.9. The Balaban J connectivity index is 2.01. The van der Waals surface area contributed by atoms with E-state index in [9.17, 15) is 4.39 Å². The Morgan fingerprint density at radius 1 is 1.25 bits per heavy atom. The number of hydrogen-bond acceptors (Lipinski definition) is 1. The molecule has 2 unspecified atom stereocenters. The molecule has 1 aromatic rings. The summed E-state index contributed by atoms with van der Waals surface area (Å²) in [5.74, 6) is 1.01. The number of rotatable bonds is 4. The van der Waals surface area contributed by atoms with Crippen molar-refractivity contribution < 1.29 is 4.39 Å². The fourth-order valence-corrected chi connectivity index (χ4v) is 3.32. The van der Waals surface area contributed by atoms with E-state index in [1.165, 1.54) is 25.3 Å². The molecule has 112 valence electrons. The van der Waals surface area contributed by atoms with Gasteiger partial charge in [0.2, 0.25) is 0 Å². The summed E-state index contributed by atoms with van der Waals surface area (Å²) in [7, 11) is 0. The Kier molecular flexibility index (Phi) is 5.09. The van der Waals surface area contributed by atoms with Gasteiger partial charge in [-0.3, -0.25) is 0 Å². The van der Waals surface area contributed by atoms with E-state index >= 15 is 0 Å². The van der Waals surface area contributed by atoms with E-state index in [0.29, 0.717) is 22.4 Å². The van der Waals surface area contributed by atoms with Crippen LogP contribution in [0, 0.1) is 17.7 Å². The molecule has 1 N–H and O–H groups in total. The minimum absolute atomic E-state index is 0.142. The average Bonchev–Trinajstić information content (AvgIpc) is 2.78. The minimum atomic E-state index is -0.160. The molecule has 1 nitrogen and oxygen atoms in total. The van der Waals surface area contributed by atoms with Crippen LogP contribution in [0.2, 0.25) is 5.02 Å². The molecular formula is C17H25ClFN. The fraction of sp³-hybridized carbons (Fsp3) is 0.647. The van der Waals surface area contributed by atoms with Crippen LogP contribution in [0.4, 0.5) is 4.39 Å². The minimum Gasteiger partial charge on any atom is -0.312 e. The van der Waals surface area contributed by atoms with Gasteiger partial charge in [-0.1, -0.05) is 24.1 Å². The van der Waals surface area contributed by atoms with Crippen molar-refractivity contribution in [3.05, 3.63) is 34.6 Å². The molecule has 1 fully saturated rings. The first-order chi connectivity index (χ1) is 9.37. The molecule has 0 saturated heterocycles. The zero-order valence-corrected chi connectivity index (χ0v) is 13.4. The van der Waals surface area contributed by atoms with Crippen molar-refractivity contribution in [3.8, 4) is 0 Å². The second-order valence-corrected chi connectivity index (χ2v) is 7.39. The predicted octanol–water partition coefficient (Wildman–Crippen LogP) is 4.83. The first-order valence-electron chi connectivity index (χ1n) is 7.55. The molecule has 0 amide bonds. The summed E-state index contributed by atoms with van der Waals surface area (Å²) in [6.45, 7) is 7.57. The molecule has 0 heterocycles. The number of benzene rings is 1. The Hall–Kier alpha value is -0.600. The van der Waals surface area contributed by atoms with Crippen LogP contribution < -0.4 is 5.32 Å². The summed E-state index contributed by atoms with van der Waals surface area (Å²) in [6.07, 6.45) is 4.43. The summed E-state index contributed by atoms with van der Waals surface area (Å²) in [5, 5.41) is 4.15. The van der Waals surface area contributed by atoms with Gasteiger partial charge in [-0.15, -0.1) is 0 Å². The van der Waals surface area contributed by atoms with E-state index in [-0.39, 0.29) is 11.4 Å². The quantitative estimate of drug-likeness (QED) is 0.839. The second-order valence-electron chi connectivity index (χ2n) is 6.99. The molecule has 0 aliphatic heterocycles. The molecule has 2 atom stereocenters. The van der Waals surface area contributed by atoms with E-state index < -0.39 is 0 Å². The first kappa shape index (κ1) is 15.8. The standard InChI is InChI=1S/C17H25ClFN/c1-17(2,3)20-11-13-7-4-6-12(13)10-14-15(18)8-5-9-16(14)19/h5,8-9,12-13,20H,4,6-7,10-11H2,1-3H3. The zero-order valence-electron chi connectivity index (χ0n) is 12.7. The highest BCUT2D eigenvalue weighted by atomic mass is 35.5. The molecule has 1 saturated carbocycles. The van der Waals surface area contributed by atoms with Gasteiger partial charge in [-0.2, -0.15) is 0 Å². The summed E-state index contributed by atoms with van der Waals surface area (Å²) in [4.78, 5) is 0. The zero-order chi connectivity index (χ0) is 14.8. The third-order valence-electron chi connectivity index (χ3n) is 4.24. The number of hydrogen-bond donors (Lipinski definition) is 1. The van der Waals surface area contributed by atoms with Gasteiger partial charge in [0.1, 0.15) is 5.82 Å². The second kappa shape index (κ2) is 6.44. The maximum Gasteiger partial charge on any atom is 0.127 e. The fourth-order valence-electron chi connectivity index (χ4n) is 3.08. The number of nitrogens with one attached hydrogen (secondary N) is 1. The average molecular weight is 298 g/mol. The molecule has 2 rings (SSSR count). The van der Waals surface area contributed by atoms with Gasteiger partial charge in [0, 0.05) is 16.1 Å². The lowest BCUT2D eigenvalue weighted by atomic mass is 9.89. The third-order valence-corrected chi connectivity index (χ3v) is 4.59. The van der Waals surface area contributed by atoms with Gasteiger partial charge < -0.3 is 5.32 Å². The van der Waals surface area contributed by atoms with Crippen LogP contribution >= 0.6 is 11.6 Å². The van der Waals surface area contributed by atoms with Crippen molar-refractivity contribution in [2.24, 2.45) is 11.8 Å². The Morgan fingerprint density at radius 3 is 2.60 bits per heavy atom. The van der Waals surface area contributed by atoms with Gasteiger partial charge >= 0.3 is 0 Å². The van der Waals surface area contributed by atoms with Gasteiger partial charge in [0.25, 0.3) is 0 Å². The highest BCUT2D eigenvalue weighted by Crippen LogP contribution is 2.36. The first-order valence-corrected chi connectivity index (χ1v) is 7.92. The predicted molar refractivity (Wildman–Crippen MR) is 83.7 cm³/mol. The van der Waals surface area contributed by atoms with Crippen LogP contribution in [-0.4, -0.2) is 12.1 Å². The van der Waals surface area contributed by atoms with Crippen LogP contribution in [0.5, 0.6) is 0 Å². The normalized spacial score (nSPS) is 23.2. The van der Waals surface area contributed by atoms with E-state index in [2.05, 4.69) is 26.1 Å². The summed E-state index contributed by atoms with van der Waals surface area (Å²) in [5.41, 5.74) is 0.838. The maximum atomic E-state index is 13.9. The Labute approximate surface area is 126 Å². The van der Waals surface area contributed by atoms with Crippen molar-refractivity contribution in [2.45, 2.75) is 52.0 Å². The smallest absolute Gasteiger partial charge is 0.127 e. The summed E-state index contributed by atoms with van der Waals surface area (Å²) in [6, 6.07) is 4.98. The maximum absolute atomic E-state index is 13.9. The Bertz CT molecular complexity index is 433. The molecule has 0 spiro atoms. The lowest BCUT2D eigenvalue weighted by molar-refractivity contribution is 0.315. The molecule has 1 aliphatic rings. The Morgan fingerprint density at radius 2 is 1.95 bits per heavy atom. The molecule has 0 radical (unpaired) electrons. The monoisotopic (exact) mass is 297 g/mol. The van der Waals surface area contributed by atoms with Crippen molar-refractivity contribution in [3.63, 3.8) is 0 Å². The topological polar surface area (TPSA) is 12.0 Å². The highest BCUT2D eigenvalue weighted by molar-refractivity contribution is 6.31. The molecule has 3 heteroatoms. The van der Waals surface area contributed by atoms with Crippen molar-refractivity contribution >= 4 is 11.6 Å². The molecule has 0 bridgehead atoms. The van der Waals surface area contributed by atoms with E-state index in [0.717, 1.165) is 13.0 Å². The van der Waals surface area contributed by atoms with Crippen molar-refractivity contribution in [1.29, 1.82) is 0 Å². The van der Waals surface area contributed by atoms with Crippen molar-refractivity contribution in [2.75, 3.05) is 6.54 Å². The molecule has 0 aromatic heterocycles. The van der Waals surface area contributed by atoms with Gasteiger partial charge in [-0.05, 0) is 70.5 Å². The lowest BCUT2D eigenvalue weighted by Crippen LogP contribution is -2.40. The third kappa shape index (κ3) is 4.20. The van der Waals surface area contributed by atoms with E-state index in [4.69, 9.17) is 11.6 Å². The van der Waals surface area contributed by atoms with Crippen LogP contribution in [-0.2, 0) is 6.42 Å². The van der Waals surface area contributed by atoms with Crippen LogP contribution in [0.25, 0.3) is 0 Å². The van der Waals surface area contributed by atoms with Crippen LogP contribution in [0.15, 0.2) is 18.2 Å². The van der Waals surface area contributed by atoms with E-state index in [1.807, 2.05) is 0 Å². The lowest BCUT2D eigenvalue weighted by Gasteiger charge is -2.26. The molecular weight excluding hydrogens is 273 g/mol. The number of halogens is 2. The van der Waals surface area contributed by atoms with Crippen molar-refractivity contribution in [1.82, 2.24) is 5.32 Å². The molecule has 20 heavy (non-hydrogen) atoms.